The highest BCUT2D eigenvalue weighted by Crippen LogP contribution is 2.25. The summed E-state index contributed by atoms with van der Waals surface area (Å²) in [5.41, 5.74) is 3.81. The largest absolute Gasteiger partial charge is 0.508 e. The van der Waals surface area contributed by atoms with Gasteiger partial charge in [0.15, 0.2) is 0 Å². The van der Waals surface area contributed by atoms with E-state index in [0.717, 1.165) is 24.9 Å². The zero-order chi connectivity index (χ0) is 21.6. The smallest absolute Gasteiger partial charge is 0.250 e. The number of aromatic hydroxyl groups is 1. The Kier molecular flexibility index (Phi) is 6.21. The Hall–Kier alpha value is -3.75. The summed E-state index contributed by atoms with van der Waals surface area (Å²) in [6.45, 7) is 2.98. The Bertz CT molecular complexity index is 1080. The van der Waals surface area contributed by atoms with E-state index < -0.39 is 5.82 Å². The predicted octanol–water partition coefficient (Wildman–Crippen LogP) is 4.28. The number of phenolic OH excluding ortho intramolecular Hbond substituents is 1. The lowest BCUT2D eigenvalue weighted by atomic mass is 10.0. The summed E-state index contributed by atoms with van der Waals surface area (Å²) < 4.78 is 14.1. The van der Waals surface area contributed by atoms with Crippen LogP contribution in [-0.4, -0.2) is 38.9 Å². The summed E-state index contributed by atoms with van der Waals surface area (Å²) in [5.74, 6) is 0.728. The van der Waals surface area contributed by atoms with Gasteiger partial charge in [-0.15, -0.1) is 0 Å². The normalized spacial score (nSPS) is 16.5. The van der Waals surface area contributed by atoms with Crippen molar-refractivity contribution in [2.24, 2.45) is 5.10 Å². The second-order valence-electron chi connectivity index (χ2n) is 7.39. The number of nitrogens with zero attached hydrogens (tertiary/aromatic N) is 5. The molecule has 1 atom stereocenters. The van der Waals surface area contributed by atoms with E-state index in [1.807, 2.05) is 6.07 Å². The van der Waals surface area contributed by atoms with Crippen molar-refractivity contribution in [2.45, 2.75) is 32.2 Å². The first-order valence-electron chi connectivity index (χ1n) is 10.2. The van der Waals surface area contributed by atoms with Gasteiger partial charge in [0, 0.05) is 12.6 Å². The maximum absolute atomic E-state index is 14.1. The second-order valence-corrected chi connectivity index (χ2v) is 7.39. The number of hydrogen-bond donors (Lipinski definition) is 3. The molecule has 0 saturated carbocycles. The number of hydrazone groups is 1. The topological polar surface area (TPSA) is 98.6 Å². The lowest BCUT2D eigenvalue weighted by Crippen LogP contribution is -2.38. The van der Waals surface area contributed by atoms with Gasteiger partial charge in [0.2, 0.25) is 17.8 Å². The van der Waals surface area contributed by atoms with Crippen LogP contribution in [0.15, 0.2) is 53.6 Å². The lowest BCUT2D eigenvalue weighted by Gasteiger charge is -2.33. The van der Waals surface area contributed by atoms with E-state index >= 15 is 0 Å². The van der Waals surface area contributed by atoms with Crippen molar-refractivity contribution in [3.05, 3.63) is 59.9 Å². The number of benzene rings is 2. The van der Waals surface area contributed by atoms with Gasteiger partial charge in [-0.3, -0.25) is 0 Å². The minimum atomic E-state index is -0.396. The average Bonchev–Trinajstić information content (AvgIpc) is 2.76. The molecule has 1 saturated heterocycles. The molecule has 0 unspecified atom stereocenters. The number of para-hydroxylation sites is 1. The summed E-state index contributed by atoms with van der Waals surface area (Å²) in [4.78, 5) is 15.5. The molecule has 2 heterocycles. The van der Waals surface area contributed by atoms with Crippen LogP contribution in [0.3, 0.4) is 0 Å². The van der Waals surface area contributed by atoms with E-state index in [1.54, 1.807) is 42.6 Å². The molecule has 31 heavy (non-hydrogen) atoms. The molecule has 1 fully saturated rings. The van der Waals surface area contributed by atoms with Gasteiger partial charge in [0.05, 0.1) is 11.9 Å². The zero-order valence-corrected chi connectivity index (χ0v) is 17.2. The highest BCUT2D eigenvalue weighted by Gasteiger charge is 2.22. The number of nitrogens with one attached hydrogen (secondary N) is 2. The lowest BCUT2D eigenvalue weighted by molar-refractivity contribution is 0.475. The molecule has 1 aliphatic rings. The van der Waals surface area contributed by atoms with Crippen molar-refractivity contribution in [1.82, 2.24) is 15.0 Å². The standard InChI is InChI=1S/C22H24FN7O/c1-15-7-4-5-12-30(15)22-27-20(25-19-11-3-2-10-18(19)23)26-21(28-22)29-24-14-16-8-6-9-17(31)13-16/h2-3,6,8-11,13-15,31H,4-5,7,12H2,1H3,(H2,25,26,27,28,29)/b24-14-/t15-/m1/s1. The third kappa shape index (κ3) is 5.25. The Morgan fingerprint density at radius 3 is 2.74 bits per heavy atom. The van der Waals surface area contributed by atoms with Gasteiger partial charge in [-0.25, -0.2) is 9.82 Å². The maximum atomic E-state index is 14.1. The van der Waals surface area contributed by atoms with Crippen LogP contribution in [0, 0.1) is 5.82 Å². The summed E-state index contributed by atoms with van der Waals surface area (Å²) in [5, 5.41) is 16.7. The molecule has 4 rings (SSSR count). The quantitative estimate of drug-likeness (QED) is 0.403. The Morgan fingerprint density at radius 2 is 1.94 bits per heavy atom. The van der Waals surface area contributed by atoms with Crippen molar-refractivity contribution in [3.8, 4) is 5.75 Å². The molecule has 3 aromatic rings. The summed E-state index contributed by atoms with van der Waals surface area (Å²) in [6.07, 6.45) is 4.84. The van der Waals surface area contributed by atoms with Crippen LogP contribution in [0.5, 0.6) is 5.75 Å². The van der Waals surface area contributed by atoms with E-state index in [1.165, 1.54) is 12.5 Å². The number of phenols is 1. The molecule has 0 spiro atoms. The number of halogens is 1. The molecule has 8 nitrogen and oxygen atoms in total. The molecule has 160 valence electrons. The minimum absolute atomic E-state index is 0.154. The molecule has 1 aliphatic heterocycles. The molecule has 2 aromatic carbocycles. The monoisotopic (exact) mass is 421 g/mol. The number of piperidine rings is 1. The van der Waals surface area contributed by atoms with Crippen LogP contribution in [0.25, 0.3) is 0 Å². The number of hydrogen-bond acceptors (Lipinski definition) is 8. The van der Waals surface area contributed by atoms with Crippen molar-refractivity contribution >= 4 is 29.7 Å². The van der Waals surface area contributed by atoms with Gasteiger partial charge in [0.25, 0.3) is 0 Å². The Morgan fingerprint density at radius 1 is 1.10 bits per heavy atom. The van der Waals surface area contributed by atoms with Gasteiger partial charge in [-0.2, -0.15) is 20.1 Å². The van der Waals surface area contributed by atoms with Crippen LogP contribution in [0.4, 0.5) is 27.9 Å². The first kappa shape index (κ1) is 20.5. The first-order chi connectivity index (χ1) is 15.1. The average molecular weight is 421 g/mol. The van der Waals surface area contributed by atoms with E-state index in [2.05, 4.69) is 42.6 Å². The predicted molar refractivity (Wildman–Crippen MR) is 119 cm³/mol. The van der Waals surface area contributed by atoms with Gasteiger partial charge >= 0.3 is 0 Å². The number of aromatic nitrogens is 3. The Balaban J connectivity index is 1.61. The summed E-state index contributed by atoms with van der Waals surface area (Å²) in [7, 11) is 0. The van der Waals surface area contributed by atoms with Gasteiger partial charge in [-0.1, -0.05) is 24.3 Å². The van der Waals surface area contributed by atoms with Crippen LogP contribution in [0.2, 0.25) is 0 Å². The highest BCUT2D eigenvalue weighted by molar-refractivity contribution is 5.80. The number of anilines is 4. The molecular weight excluding hydrogens is 397 g/mol. The van der Waals surface area contributed by atoms with E-state index in [4.69, 9.17) is 0 Å². The van der Waals surface area contributed by atoms with Crippen molar-refractivity contribution in [3.63, 3.8) is 0 Å². The molecule has 9 heteroatoms. The fraction of sp³-hybridized carbons (Fsp3) is 0.273. The molecule has 0 aliphatic carbocycles. The van der Waals surface area contributed by atoms with Gasteiger partial charge in [-0.05, 0) is 56.0 Å². The summed E-state index contributed by atoms with van der Waals surface area (Å²) >= 11 is 0. The first-order valence-corrected chi connectivity index (χ1v) is 10.2. The maximum Gasteiger partial charge on any atom is 0.250 e. The fourth-order valence-electron chi connectivity index (χ4n) is 3.45. The van der Waals surface area contributed by atoms with E-state index in [-0.39, 0.29) is 23.3 Å². The van der Waals surface area contributed by atoms with Crippen molar-refractivity contribution in [2.75, 3.05) is 22.2 Å². The minimum Gasteiger partial charge on any atom is -0.508 e. The second kappa shape index (κ2) is 9.38. The highest BCUT2D eigenvalue weighted by atomic mass is 19.1. The van der Waals surface area contributed by atoms with Gasteiger partial charge < -0.3 is 15.3 Å². The van der Waals surface area contributed by atoms with Gasteiger partial charge in [0.1, 0.15) is 11.6 Å². The molecule has 0 bridgehead atoms. The van der Waals surface area contributed by atoms with Crippen LogP contribution >= 0.6 is 0 Å². The molecule has 0 amide bonds. The molecule has 1 aromatic heterocycles. The summed E-state index contributed by atoms with van der Waals surface area (Å²) in [6, 6.07) is 13.4. The van der Waals surface area contributed by atoms with Crippen LogP contribution in [0.1, 0.15) is 31.7 Å². The number of rotatable bonds is 6. The molecule has 3 N–H and O–H groups in total. The van der Waals surface area contributed by atoms with E-state index in [9.17, 15) is 9.50 Å². The van der Waals surface area contributed by atoms with E-state index in [0.29, 0.717) is 12.0 Å². The zero-order valence-electron chi connectivity index (χ0n) is 17.2. The van der Waals surface area contributed by atoms with Crippen molar-refractivity contribution < 1.29 is 9.50 Å². The Labute approximate surface area is 179 Å². The molecule has 0 radical (unpaired) electrons. The van der Waals surface area contributed by atoms with Crippen molar-refractivity contribution in [1.29, 1.82) is 0 Å². The SMILES string of the molecule is C[C@@H]1CCCCN1c1nc(N/N=C\c2cccc(O)c2)nc(Nc2ccccc2F)n1. The fourth-order valence-corrected chi connectivity index (χ4v) is 3.45. The third-order valence-corrected chi connectivity index (χ3v) is 5.05. The molecular formula is C22H24FN7O. The third-order valence-electron chi connectivity index (χ3n) is 5.05. The van der Waals surface area contributed by atoms with Crippen LogP contribution in [-0.2, 0) is 0 Å². The van der Waals surface area contributed by atoms with Crippen LogP contribution < -0.4 is 15.6 Å².